The van der Waals surface area contributed by atoms with E-state index in [1.54, 1.807) is 32.2 Å². The molecule has 2 rings (SSSR count). The van der Waals surface area contributed by atoms with Crippen LogP contribution in [0.5, 0.6) is 11.5 Å². The molecule has 2 amide bonds. The van der Waals surface area contributed by atoms with Crippen LogP contribution in [0.4, 0.5) is 0 Å². The molecule has 0 radical (unpaired) electrons. The summed E-state index contributed by atoms with van der Waals surface area (Å²) >= 11 is 9.48. The minimum absolute atomic E-state index is 0.226. The van der Waals surface area contributed by atoms with Crippen molar-refractivity contribution < 1.29 is 19.1 Å². The highest BCUT2D eigenvalue weighted by atomic mass is 79.9. The van der Waals surface area contributed by atoms with Gasteiger partial charge in [-0.05, 0) is 49.7 Å². The van der Waals surface area contributed by atoms with Crippen molar-refractivity contribution in [3.8, 4) is 11.5 Å². The van der Waals surface area contributed by atoms with E-state index >= 15 is 0 Å². The fraction of sp³-hybridized carbons (Fsp3) is 0.333. The Bertz CT molecular complexity index is 845. The van der Waals surface area contributed by atoms with Crippen LogP contribution in [-0.4, -0.2) is 43.0 Å². The van der Waals surface area contributed by atoms with Gasteiger partial charge in [-0.3, -0.25) is 9.59 Å². The molecule has 1 N–H and O–H groups in total. The minimum atomic E-state index is -0.659. The Kier molecular flexibility index (Phi) is 8.79. The van der Waals surface area contributed by atoms with E-state index in [9.17, 15) is 9.59 Å². The third-order valence-corrected chi connectivity index (χ3v) is 5.06. The lowest BCUT2D eigenvalue weighted by Crippen LogP contribution is -2.49. The number of ether oxygens (including phenoxy) is 2. The number of likely N-dealkylation sites (N-methyl/N-ethyl adjacent to an activating group) is 1. The van der Waals surface area contributed by atoms with E-state index in [4.69, 9.17) is 21.1 Å². The fourth-order valence-corrected chi connectivity index (χ4v) is 3.37. The molecule has 0 saturated heterocycles. The number of nitrogens with one attached hydrogen (secondary N) is 1. The molecule has 29 heavy (non-hydrogen) atoms. The van der Waals surface area contributed by atoms with Gasteiger partial charge < -0.3 is 19.7 Å². The zero-order valence-electron chi connectivity index (χ0n) is 16.6. The number of hydrogen-bond donors (Lipinski definition) is 1. The Hall–Kier alpha value is -2.25. The standard InChI is InChI=1S/C21H24BrClN2O4/c1-4-24-21(27)14(2)25(12-15-5-8-17(28-3)9-6-15)20(26)13-29-19-10-7-16(22)11-18(19)23/h5-11,14H,4,12-13H2,1-3H3,(H,24,27)/t14-/m1/s1. The number of benzene rings is 2. The number of amides is 2. The molecular weight excluding hydrogens is 460 g/mol. The fourth-order valence-electron chi connectivity index (χ4n) is 2.65. The molecule has 0 aliphatic carbocycles. The van der Waals surface area contributed by atoms with Crippen molar-refractivity contribution in [1.29, 1.82) is 0 Å². The molecule has 0 aliphatic heterocycles. The molecule has 156 valence electrons. The van der Waals surface area contributed by atoms with Crippen LogP contribution in [0.3, 0.4) is 0 Å². The monoisotopic (exact) mass is 482 g/mol. The molecule has 0 spiro atoms. The average Bonchev–Trinajstić information content (AvgIpc) is 2.71. The Balaban J connectivity index is 2.15. The van der Waals surface area contributed by atoms with Gasteiger partial charge in [0.25, 0.3) is 5.91 Å². The molecule has 2 aromatic rings. The number of carbonyl (C=O) groups excluding carboxylic acids is 2. The summed E-state index contributed by atoms with van der Waals surface area (Å²) in [5.41, 5.74) is 0.872. The SMILES string of the molecule is CCNC(=O)[C@@H](C)N(Cc1ccc(OC)cc1)C(=O)COc1ccc(Br)cc1Cl. The summed E-state index contributed by atoms with van der Waals surface area (Å²) in [5.74, 6) is 0.574. The topological polar surface area (TPSA) is 67.9 Å². The molecule has 0 fully saturated rings. The summed E-state index contributed by atoms with van der Waals surface area (Å²) < 4.78 is 11.6. The Morgan fingerprint density at radius 2 is 1.90 bits per heavy atom. The summed E-state index contributed by atoms with van der Waals surface area (Å²) in [6, 6.07) is 11.8. The van der Waals surface area contributed by atoms with E-state index in [0.717, 1.165) is 15.8 Å². The largest absolute Gasteiger partial charge is 0.497 e. The second-order valence-corrected chi connectivity index (χ2v) is 7.63. The van der Waals surface area contributed by atoms with Crippen molar-refractivity contribution in [1.82, 2.24) is 10.2 Å². The smallest absolute Gasteiger partial charge is 0.261 e. The van der Waals surface area contributed by atoms with Gasteiger partial charge in [0.05, 0.1) is 12.1 Å². The number of halogens is 2. The second-order valence-electron chi connectivity index (χ2n) is 6.30. The summed E-state index contributed by atoms with van der Waals surface area (Å²) in [6.07, 6.45) is 0. The molecule has 0 aromatic heterocycles. The lowest BCUT2D eigenvalue weighted by Gasteiger charge is -2.28. The van der Waals surface area contributed by atoms with Gasteiger partial charge in [0.2, 0.25) is 5.91 Å². The molecule has 8 heteroatoms. The Labute approximate surface area is 184 Å². The van der Waals surface area contributed by atoms with Crippen LogP contribution in [0.1, 0.15) is 19.4 Å². The maximum absolute atomic E-state index is 12.9. The van der Waals surface area contributed by atoms with Crippen molar-refractivity contribution in [2.45, 2.75) is 26.4 Å². The van der Waals surface area contributed by atoms with Gasteiger partial charge in [0.15, 0.2) is 6.61 Å². The Morgan fingerprint density at radius 1 is 1.21 bits per heavy atom. The number of methoxy groups -OCH3 is 1. The van der Waals surface area contributed by atoms with Crippen molar-refractivity contribution in [2.75, 3.05) is 20.3 Å². The highest BCUT2D eigenvalue weighted by molar-refractivity contribution is 9.10. The van der Waals surface area contributed by atoms with Gasteiger partial charge >= 0.3 is 0 Å². The van der Waals surface area contributed by atoms with E-state index in [1.165, 1.54) is 4.90 Å². The molecule has 0 aliphatic rings. The van der Waals surface area contributed by atoms with Crippen LogP contribution in [-0.2, 0) is 16.1 Å². The molecule has 6 nitrogen and oxygen atoms in total. The number of carbonyl (C=O) groups is 2. The molecule has 0 unspecified atom stereocenters. The third kappa shape index (κ3) is 6.65. The second kappa shape index (κ2) is 11.1. The van der Waals surface area contributed by atoms with Gasteiger partial charge in [-0.2, -0.15) is 0 Å². The zero-order chi connectivity index (χ0) is 21.4. The maximum Gasteiger partial charge on any atom is 0.261 e. The highest BCUT2D eigenvalue weighted by Gasteiger charge is 2.26. The zero-order valence-corrected chi connectivity index (χ0v) is 18.9. The minimum Gasteiger partial charge on any atom is -0.497 e. The van der Waals surface area contributed by atoms with Gasteiger partial charge in [0, 0.05) is 17.6 Å². The average molecular weight is 484 g/mol. The molecule has 0 heterocycles. The van der Waals surface area contributed by atoms with Crippen LogP contribution < -0.4 is 14.8 Å². The summed E-state index contributed by atoms with van der Waals surface area (Å²) in [5, 5.41) is 3.15. The van der Waals surface area contributed by atoms with E-state index in [-0.39, 0.29) is 25.0 Å². The van der Waals surface area contributed by atoms with Crippen molar-refractivity contribution in [3.63, 3.8) is 0 Å². The van der Waals surface area contributed by atoms with Crippen LogP contribution in [0, 0.1) is 0 Å². The van der Waals surface area contributed by atoms with Gasteiger partial charge in [-0.25, -0.2) is 0 Å². The molecule has 2 aromatic carbocycles. The van der Waals surface area contributed by atoms with Crippen LogP contribution in [0.25, 0.3) is 0 Å². The van der Waals surface area contributed by atoms with E-state index in [2.05, 4.69) is 21.2 Å². The first-order valence-corrected chi connectivity index (χ1v) is 10.3. The first-order valence-electron chi connectivity index (χ1n) is 9.13. The van der Waals surface area contributed by atoms with E-state index in [0.29, 0.717) is 17.3 Å². The van der Waals surface area contributed by atoms with E-state index in [1.807, 2.05) is 31.2 Å². The molecule has 0 bridgehead atoms. The summed E-state index contributed by atoms with van der Waals surface area (Å²) in [6.45, 7) is 4.04. The van der Waals surface area contributed by atoms with Crippen LogP contribution in [0.2, 0.25) is 5.02 Å². The molecule has 0 saturated carbocycles. The third-order valence-electron chi connectivity index (χ3n) is 4.28. The number of nitrogens with zero attached hydrogens (tertiary/aromatic N) is 1. The van der Waals surface area contributed by atoms with Crippen molar-refractivity contribution in [3.05, 3.63) is 57.5 Å². The first-order chi connectivity index (χ1) is 13.8. The lowest BCUT2D eigenvalue weighted by molar-refractivity contribution is -0.142. The maximum atomic E-state index is 12.9. The van der Waals surface area contributed by atoms with E-state index < -0.39 is 6.04 Å². The molecule has 1 atom stereocenters. The summed E-state index contributed by atoms with van der Waals surface area (Å²) in [4.78, 5) is 26.8. The van der Waals surface area contributed by atoms with Crippen LogP contribution >= 0.6 is 27.5 Å². The lowest BCUT2D eigenvalue weighted by atomic mass is 10.1. The van der Waals surface area contributed by atoms with Gasteiger partial charge in [-0.1, -0.05) is 39.7 Å². The highest BCUT2D eigenvalue weighted by Crippen LogP contribution is 2.27. The number of rotatable bonds is 9. The quantitative estimate of drug-likeness (QED) is 0.584. The number of hydrogen-bond acceptors (Lipinski definition) is 4. The predicted molar refractivity (Wildman–Crippen MR) is 116 cm³/mol. The first kappa shape index (κ1) is 23.0. The van der Waals surface area contributed by atoms with Crippen molar-refractivity contribution >= 4 is 39.3 Å². The van der Waals surface area contributed by atoms with Gasteiger partial charge in [0.1, 0.15) is 17.5 Å². The predicted octanol–water partition coefficient (Wildman–Crippen LogP) is 4.04. The Morgan fingerprint density at radius 3 is 2.48 bits per heavy atom. The normalized spacial score (nSPS) is 11.5. The van der Waals surface area contributed by atoms with Crippen LogP contribution in [0.15, 0.2) is 46.9 Å². The van der Waals surface area contributed by atoms with Crippen molar-refractivity contribution in [2.24, 2.45) is 0 Å². The van der Waals surface area contributed by atoms with Gasteiger partial charge in [-0.15, -0.1) is 0 Å². The molecular formula is C21H24BrClN2O4. The summed E-state index contributed by atoms with van der Waals surface area (Å²) in [7, 11) is 1.59.